The summed E-state index contributed by atoms with van der Waals surface area (Å²) in [6, 6.07) is 8.44. The van der Waals surface area contributed by atoms with Crippen LogP contribution in [-0.2, 0) is 19.9 Å². The maximum atomic E-state index is 10.9. The average Bonchev–Trinajstić information content (AvgIpc) is 2.94. The summed E-state index contributed by atoms with van der Waals surface area (Å²) in [6.45, 7) is 0. The number of anilines is 1. The SMILES string of the molecule is Cn1cnc([N+](=O)[O-])c1NC1Cc2ccccc2C1. The highest BCUT2D eigenvalue weighted by Crippen LogP contribution is 2.27. The Morgan fingerprint density at radius 2 is 2.00 bits per heavy atom. The number of imidazole rings is 1. The highest BCUT2D eigenvalue weighted by Gasteiger charge is 2.26. The van der Waals surface area contributed by atoms with Gasteiger partial charge in [0, 0.05) is 13.1 Å². The summed E-state index contributed by atoms with van der Waals surface area (Å²) in [7, 11) is 1.75. The molecule has 1 aliphatic carbocycles. The van der Waals surface area contributed by atoms with E-state index >= 15 is 0 Å². The molecule has 0 saturated carbocycles. The molecule has 0 bridgehead atoms. The predicted octanol–water partition coefficient (Wildman–Crippen LogP) is 1.91. The van der Waals surface area contributed by atoms with Crippen molar-refractivity contribution in [1.82, 2.24) is 9.55 Å². The number of aryl methyl sites for hydroxylation is 1. The Bertz CT molecular complexity index is 610. The van der Waals surface area contributed by atoms with Gasteiger partial charge in [-0.15, -0.1) is 0 Å². The number of nitrogens with one attached hydrogen (secondary N) is 1. The highest BCUT2D eigenvalue weighted by atomic mass is 16.6. The predicted molar refractivity (Wildman–Crippen MR) is 71.1 cm³/mol. The minimum Gasteiger partial charge on any atom is -0.361 e. The van der Waals surface area contributed by atoms with E-state index in [0.717, 1.165) is 12.8 Å². The van der Waals surface area contributed by atoms with Crippen LogP contribution in [0, 0.1) is 10.1 Å². The van der Waals surface area contributed by atoms with Crippen molar-refractivity contribution in [2.75, 3.05) is 5.32 Å². The number of hydrogen-bond donors (Lipinski definition) is 1. The Morgan fingerprint density at radius 1 is 1.37 bits per heavy atom. The van der Waals surface area contributed by atoms with Gasteiger partial charge in [0.1, 0.15) is 0 Å². The van der Waals surface area contributed by atoms with Gasteiger partial charge in [-0.25, -0.2) is 0 Å². The summed E-state index contributed by atoms with van der Waals surface area (Å²) in [4.78, 5) is 14.3. The molecule has 0 atom stereocenters. The van der Waals surface area contributed by atoms with Crippen molar-refractivity contribution in [3.8, 4) is 0 Å². The van der Waals surface area contributed by atoms with E-state index in [0.29, 0.717) is 5.82 Å². The molecule has 98 valence electrons. The topological polar surface area (TPSA) is 73.0 Å². The third-order valence-electron chi connectivity index (χ3n) is 3.48. The molecule has 1 aromatic heterocycles. The van der Waals surface area contributed by atoms with Crippen LogP contribution in [0.1, 0.15) is 11.1 Å². The van der Waals surface area contributed by atoms with Gasteiger partial charge in [-0.05, 0) is 33.9 Å². The van der Waals surface area contributed by atoms with Crippen LogP contribution < -0.4 is 5.32 Å². The minimum absolute atomic E-state index is 0.113. The monoisotopic (exact) mass is 258 g/mol. The summed E-state index contributed by atoms with van der Waals surface area (Å²) in [6.07, 6.45) is 3.24. The molecule has 0 amide bonds. The van der Waals surface area contributed by atoms with E-state index in [4.69, 9.17) is 0 Å². The zero-order valence-electron chi connectivity index (χ0n) is 10.5. The van der Waals surface area contributed by atoms with Gasteiger partial charge in [0.05, 0.1) is 0 Å². The molecule has 6 heteroatoms. The van der Waals surface area contributed by atoms with E-state index in [1.807, 2.05) is 12.1 Å². The number of aromatic nitrogens is 2. The lowest BCUT2D eigenvalue weighted by Crippen LogP contribution is -2.21. The van der Waals surface area contributed by atoms with Crippen molar-refractivity contribution in [3.63, 3.8) is 0 Å². The molecule has 19 heavy (non-hydrogen) atoms. The summed E-state index contributed by atoms with van der Waals surface area (Å²) >= 11 is 0. The van der Waals surface area contributed by atoms with Crippen LogP contribution in [0.2, 0.25) is 0 Å². The van der Waals surface area contributed by atoms with Crippen molar-refractivity contribution in [2.24, 2.45) is 7.05 Å². The van der Waals surface area contributed by atoms with E-state index < -0.39 is 4.92 Å². The molecule has 3 rings (SSSR count). The largest absolute Gasteiger partial charge is 0.406 e. The Labute approximate surface area is 110 Å². The summed E-state index contributed by atoms with van der Waals surface area (Å²) in [5.41, 5.74) is 2.62. The fourth-order valence-electron chi connectivity index (χ4n) is 2.57. The number of benzene rings is 1. The number of hydrogen-bond acceptors (Lipinski definition) is 4. The van der Waals surface area contributed by atoms with Crippen LogP contribution >= 0.6 is 0 Å². The molecule has 0 aliphatic heterocycles. The second-order valence-electron chi connectivity index (χ2n) is 4.80. The highest BCUT2D eigenvalue weighted by molar-refractivity contribution is 5.54. The molecule has 2 aromatic rings. The van der Waals surface area contributed by atoms with Gasteiger partial charge in [-0.3, -0.25) is 4.57 Å². The number of fused-ring (bicyclic) bond motifs is 1. The van der Waals surface area contributed by atoms with Gasteiger partial charge in [-0.1, -0.05) is 24.3 Å². The maximum absolute atomic E-state index is 10.9. The molecule has 1 aromatic carbocycles. The van der Waals surface area contributed by atoms with E-state index in [9.17, 15) is 10.1 Å². The fourth-order valence-corrected chi connectivity index (χ4v) is 2.57. The van der Waals surface area contributed by atoms with Crippen LogP contribution in [0.25, 0.3) is 0 Å². The molecule has 0 saturated heterocycles. The van der Waals surface area contributed by atoms with Crippen LogP contribution in [0.5, 0.6) is 0 Å². The van der Waals surface area contributed by atoms with Crippen molar-refractivity contribution < 1.29 is 4.92 Å². The Hall–Kier alpha value is -2.37. The molecule has 0 fully saturated rings. The van der Waals surface area contributed by atoms with Gasteiger partial charge >= 0.3 is 5.82 Å². The molecule has 0 radical (unpaired) electrons. The lowest BCUT2D eigenvalue weighted by molar-refractivity contribution is -0.388. The summed E-state index contributed by atoms with van der Waals surface area (Å²) < 4.78 is 1.65. The first kappa shape index (κ1) is 11.7. The molecule has 1 N–H and O–H groups in total. The summed E-state index contributed by atoms with van der Waals surface area (Å²) in [5.74, 6) is 0.362. The van der Waals surface area contributed by atoms with Crippen molar-refractivity contribution >= 4 is 11.6 Å². The average molecular weight is 258 g/mol. The van der Waals surface area contributed by atoms with Crippen LogP contribution in [-0.4, -0.2) is 20.5 Å². The zero-order valence-corrected chi connectivity index (χ0v) is 10.5. The van der Waals surface area contributed by atoms with Crippen molar-refractivity contribution in [2.45, 2.75) is 18.9 Å². The smallest absolute Gasteiger partial charge is 0.361 e. The standard InChI is InChI=1S/C13H14N4O2/c1-16-8-14-12(17(18)19)13(16)15-11-6-9-4-2-3-5-10(9)7-11/h2-5,8,11,15H,6-7H2,1H3. The van der Waals surface area contributed by atoms with Crippen molar-refractivity contribution in [3.05, 3.63) is 51.8 Å². The quantitative estimate of drug-likeness (QED) is 0.674. The van der Waals surface area contributed by atoms with Crippen LogP contribution in [0.3, 0.4) is 0 Å². The minimum atomic E-state index is -0.454. The normalized spacial score (nSPS) is 14.4. The Balaban J connectivity index is 1.81. The first-order valence-electron chi connectivity index (χ1n) is 6.14. The molecular weight excluding hydrogens is 244 g/mol. The van der Waals surface area contributed by atoms with Gasteiger partial charge in [0.15, 0.2) is 0 Å². The molecule has 0 spiro atoms. The molecule has 1 heterocycles. The van der Waals surface area contributed by atoms with Crippen LogP contribution in [0.4, 0.5) is 11.6 Å². The first-order chi connectivity index (χ1) is 9.15. The van der Waals surface area contributed by atoms with E-state index in [1.54, 1.807) is 11.6 Å². The van der Waals surface area contributed by atoms with Gasteiger partial charge in [0.25, 0.3) is 0 Å². The maximum Gasteiger partial charge on any atom is 0.406 e. The fraction of sp³-hybridized carbons (Fsp3) is 0.308. The second-order valence-corrected chi connectivity index (χ2v) is 4.80. The lowest BCUT2D eigenvalue weighted by atomic mass is 10.1. The van der Waals surface area contributed by atoms with Crippen molar-refractivity contribution in [1.29, 1.82) is 0 Å². The molecule has 1 aliphatic rings. The van der Waals surface area contributed by atoms with E-state index in [1.165, 1.54) is 17.5 Å². The van der Waals surface area contributed by atoms with Gasteiger partial charge < -0.3 is 15.4 Å². The number of rotatable bonds is 3. The Morgan fingerprint density at radius 3 is 2.58 bits per heavy atom. The van der Waals surface area contributed by atoms with E-state index in [-0.39, 0.29) is 11.9 Å². The Kier molecular flexibility index (Phi) is 2.70. The van der Waals surface area contributed by atoms with Crippen LogP contribution in [0.15, 0.2) is 30.6 Å². The molecule has 6 nitrogen and oxygen atoms in total. The van der Waals surface area contributed by atoms with Gasteiger partial charge in [0.2, 0.25) is 12.1 Å². The van der Waals surface area contributed by atoms with E-state index in [2.05, 4.69) is 22.4 Å². The lowest BCUT2D eigenvalue weighted by Gasteiger charge is -2.12. The second kappa shape index (κ2) is 4.38. The zero-order chi connectivity index (χ0) is 13.4. The third kappa shape index (κ3) is 2.05. The third-order valence-corrected chi connectivity index (χ3v) is 3.48. The molecular formula is C13H14N4O2. The first-order valence-corrected chi connectivity index (χ1v) is 6.14. The number of nitrogens with zero attached hydrogens (tertiary/aromatic N) is 3. The summed E-state index contributed by atoms with van der Waals surface area (Å²) in [5, 5.41) is 14.2. The number of nitro groups is 1. The molecule has 0 unspecified atom stereocenters. The van der Waals surface area contributed by atoms with Gasteiger partial charge in [-0.2, -0.15) is 0 Å².